The zero-order valence-corrected chi connectivity index (χ0v) is 47.6. The number of imidazole rings is 1. The summed E-state index contributed by atoms with van der Waals surface area (Å²) in [7, 11) is 0. The average Bonchev–Trinajstić information content (AvgIpc) is 3.77. The van der Waals surface area contributed by atoms with E-state index in [9.17, 15) is 5.11 Å². The van der Waals surface area contributed by atoms with E-state index < -0.39 is 0 Å². The van der Waals surface area contributed by atoms with E-state index in [4.69, 9.17) is 9.97 Å². The van der Waals surface area contributed by atoms with E-state index in [1.807, 2.05) is 18.5 Å². The molecule has 0 atom stereocenters. The summed E-state index contributed by atoms with van der Waals surface area (Å²) in [5.74, 6) is 0.992. The molecule has 0 radical (unpaired) electrons. The number of pyridine rings is 2. The van der Waals surface area contributed by atoms with E-state index in [-0.39, 0.29) is 48.5 Å². The van der Waals surface area contributed by atoms with Gasteiger partial charge in [0, 0.05) is 55.3 Å². The molecule has 75 heavy (non-hydrogen) atoms. The molecule has 0 amide bonds. The van der Waals surface area contributed by atoms with Gasteiger partial charge in [-0.1, -0.05) is 222 Å². The molecule has 0 unspecified atom stereocenters. The van der Waals surface area contributed by atoms with Gasteiger partial charge in [0.05, 0.1) is 28.7 Å². The van der Waals surface area contributed by atoms with Gasteiger partial charge in [0.15, 0.2) is 0 Å². The van der Waals surface area contributed by atoms with Gasteiger partial charge in [0.25, 0.3) is 0 Å². The van der Waals surface area contributed by atoms with E-state index >= 15 is 0 Å². The molecule has 0 saturated carbocycles. The average molecular weight is 1160 g/mol. The van der Waals surface area contributed by atoms with Crippen LogP contribution in [0.15, 0.2) is 182 Å². The molecule has 380 valence electrons. The summed E-state index contributed by atoms with van der Waals surface area (Å²) < 4.78 is 2.26. The molecule has 10 rings (SSSR count). The number of rotatable bonds is 8. The molecule has 7 aromatic carbocycles. The van der Waals surface area contributed by atoms with E-state index in [1.165, 1.54) is 5.56 Å². The topological polar surface area (TPSA) is 63.8 Å². The second-order valence-corrected chi connectivity index (χ2v) is 23.9. The molecule has 0 saturated heterocycles. The van der Waals surface area contributed by atoms with Crippen molar-refractivity contribution in [3.05, 3.63) is 211 Å². The van der Waals surface area contributed by atoms with Gasteiger partial charge in [0.1, 0.15) is 5.75 Å². The first-order chi connectivity index (χ1) is 35.1. The van der Waals surface area contributed by atoms with Crippen LogP contribution in [-0.2, 0) is 42.7 Å². The second kappa shape index (κ2) is 20.2. The molecule has 0 aliphatic heterocycles. The summed E-state index contributed by atoms with van der Waals surface area (Å²) in [6.07, 6.45) is 3.73. The minimum atomic E-state index is -0.348. The van der Waals surface area contributed by atoms with Gasteiger partial charge in [0.2, 0.25) is 0 Å². The number of phenolic OH excluding ortho intramolecular Hbond substituents is 1. The largest absolute Gasteiger partial charge is 0.507 e. The number of benzene rings is 7. The van der Waals surface area contributed by atoms with Crippen LogP contribution in [0.5, 0.6) is 5.75 Å². The molecule has 0 fully saturated rings. The van der Waals surface area contributed by atoms with E-state index in [1.54, 1.807) is 0 Å². The first kappa shape index (κ1) is 52.7. The van der Waals surface area contributed by atoms with Crippen molar-refractivity contribution in [1.82, 2.24) is 19.5 Å². The molecule has 5 nitrogen and oxygen atoms in total. The molecule has 1 N–H and O–H groups in total. The summed E-state index contributed by atoms with van der Waals surface area (Å²) in [5, 5.41) is 12.6. The van der Waals surface area contributed by atoms with Crippen LogP contribution in [0.25, 0.3) is 95.1 Å². The van der Waals surface area contributed by atoms with Crippen molar-refractivity contribution in [2.45, 2.75) is 105 Å². The van der Waals surface area contributed by atoms with Crippen molar-refractivity contribution < 1.29 is 26.2 Å². The first-order valence-electron chi connectivity index (χ1n) is 25.9. The zero-order valence-electron chi connectivity index (χ0n) is 45.4. The SMILES string of the molecule is CC(C)(C)c1cc(-c2cc(-c3c(-c4ccccc4)cccc3-c3ccccc3)cc(-c3cc(C(C)(C)C)cc(C(C)(C)C)c3O)n2)[c-]c(-c2nc3ccncc3n2-c2ccc(C(C)(C)C)cc2-c2ccccc2)c1.[Pt]. The van der Waals surface area contributed by atoms with Crippen LogP contribution in [0.4, 0.5) is 0 Å². The van der Waals surface area contributed by atoms with Gasteiger partial charge in [-0.25, -0.2) is 0 Å². The van der Waals surface area contributed by atoms with Crippen LogP contribution < -0.4 is 0 Å². The Morgan fingerprint density at radius 3 is 1.52 bits per heavy atom. The predicted molar refractivity (Wildman–Crippen MR) is 310 cm³/mol. The summed E-state index contributed by atoms with van der Waals surface area (Å²) in [6.45, 7) is 26.7. The molecule has 0 aliphatic rings. The quantitative estimate of drug-likeness (QED) is 0.154. The van der Waals surface area contributed by atoms with Crippen LogP contribution in [0.1, 0.15) is 105 Å². The fraction of sp³-hybridized carbons (Fsp3) is 0.232. The van der Waals surface area contributed by atoms with Crippen molar-refractivity contribution in [2.75, 3.05) is 0 Å². The molecule has 6 heteroatoms. The minimum Gasteiger partial charge on any atom is -0.507 e. The monoisotopic (exact) mass is 1160 g/mol. The van der Waals surface area contributed by atoms with Gasteiger partial charge in [-0.15, -0.1) is 23.8 Å². The Bertz CT molecular complexity index is 3640. The predicted octanol–water partition coefficient (Wildman–Crippen LogP) is 18.2. The van der Waals surface area contributed by atoms with Crippen molar-refractivity contribution >= 4 is 11.0 Å². The van der Waals surface area contributed by atoms with E-state index in [0.717, 1.165) is 101 Å². The maximum absolute atomic E-state index is 12.6. The molecule has 0 bridgehead atoms. The third kappa shape index (κ3) is 10.6. The smallest absolute Gasteiger partial charge is 0.128 e. The standard InChI is InChI=1S/C69H67N4O.Pt/c1-66(2,3)50-31-32-61(55(40-50)46-27-20-15-21-28-46)73-62-43-70-34-33-58(62)72-65(73)49-35-47(36-51(37-49)67(4,5)6)59-38-48(39-60(71-59)56-41-52(68(7,8)9)42-57(64(56)74)69(10,11)12)63-53(44-23-16-13-17-24-44)29-22-30-54(63)45-25-18-14-19-26-45;/h13-34,36-43,74H,1-12H3;/q-1;. The first-order valence-corrected chi connectivity index (χ1v) is 25.9. The Balaban J connectivity index is 0.00000689. The molecule has 0 spiro atoms. The summed E-state index contributed by atoms with van der Waals surface area (Å²) >= 11 is 0. The molecule has 0 aliphatic carbocycles. The summed E-state index contributed by atoms with van der Waals surface area (Å²) in [5.41, 5.74) is 18.6. The maximum atomic E-state index is 12.6. The molecule has 10 aromatic rings. The summed E-state index contributed by atoms with van der Waals surface area (Å²) in [6, 6.07) is 64.5. The third-order valence-corrected chi connectivity index (χ3v) is 14.3. The Morgan fingerprint density at radius 1 is 0.440 bits per heavy atom. The third-order valence-electron chi connectivity index (χ3n) is 14.3. The van der Waals surface area contributed by atoms with Gasteiger partial charge in [-0.3, -0.25) is 15.0 Å². The van der Waals surface area contributed by atoms with Crippen LogP contribution in [0.2, 0.25) is 0 Å². The Labute approximate surface area is 459 Å². The van der Waals surface area contributed by atoms with E-state index in [2.05, 4.69) is 262 Å². The number of fused-ring (bicyclic) bond motifs is 1. The Hall–Kier alpha value is -7.20. The van der Waals surface area contributed by atoms with Crippen molar-refractivity contribution in [1.29, 1.82) is 0 Å². The fourth-order valence-corrected chi connectivity index (χ4v) is 10.0. The molecular formula is C69H67N4OPt-. The van der Waals surface area contributed by atoms with Crippen molar-refractivity contribution in [3.63, 3.8) is 0 Å². The van der Waals surface area contributed by atoms with Crippen LogP contribution in [0, 0.1) is 6.07 Å². The van der Waals surface area contributed by atoms with Crippen molar-refractivity contribution in [2.24, 2.45) is 0 Å². The van der Waals surface area contributed by atoms with E-state index in [0.29, 0.717) is 11.3 Å². The van der Waals surface area contributed by atoms with Crippen LogP contribution >= 0.6 is 0 Å². The number of nitrogens with zero attached hydrogens (tertiary/aromatic N) is 4. The fourth-order valence-electron chi connectivity index (χ4n) is 10.0. The normalized spacial score (nSPS) is 12.2. The minimum absolute atomic E-state index is 0. The summed E-state index contributed by atoms with van der Waals surface area (Å²) in [4.78, 5) is 15.8. The van der Waals surface area contributed by atoms with Gasteiger partial charge in [-0.05, 0) is 102 Å². The number of phenols is 1. The number of aromatic hydroxyl groups is 1. The van der Waals surface area contributed by atoms with Gasteiger partial charge in [-0.2, -0.15) is 0 Å². The Morgan fingerprint density at radius 2 is 0.960 bits per heavy atom. The number of hydrogen-bond donors (Lipinski definition) is 1. The van der Waals surface area contributed by atoms with Gasteiger partial charge >= 0.3 is 0 Å². The Kier molecular flexibility index (Phi) is 14.1. The molecule has 3 heterocycles. The zero-order chi connectivity index (χ0) is 52.3. The second-order valence-electron chi connectivity index (χ2n) is 23.9. The molecule has 3 aromatic heterocycles. The molecular weight excluding hydrogens is 1100 g/mol. The number of aromatic nitrogens is 4. The van der Waals surface area contributed by atoms with Crippen LogP contribution in [-0.4, -0.2) is 24.6 Å². The van der Waals surface area contributed by atoms with Gasteiger partial charge < -0.3 is 9.67 Å². The maximum Gasteiger partial charge on any atom is 0.128 e. The van der Waals surface area contributed by atoms with Crippen molar-refractivity contribution in [3.8, 4) is 89.8 Å². The number of hydrogen-bond acceptors (Lipinski definition) is 4. The van der Waals surface area contributed by atoms with Crippen LogP contribution in [0.3, 0.4) is 0 Å².